The van der Waals surface area contributed by atoms with Gasteiger partial charge in [-0.05, 0) is 43.2 Å². The minimum absolute atomic E-state index is 0.00165. The van der Waals surface area contributed by atoms with Gasteiger partial charge in [0, 0.05) is 24.3 Å². The Bertz CT molecular complexity index is 872. The average Bonchev–Trinajstić information content (AvgIpc) is 2.81. The zero-order valence-corrected chi connectivity index (χ0v) is 18.4. The van der Waals surface area contributed by atoms with E-state index in [2.05, 4.69) is 29.6 Å². The molecule has 32 heavy (non-hydrogen) atoms. The molecule has 2 aliphatic rings. The zero-order valence-electron chi connectivity index (χ0n) is 18.4. The van der Waals surface area contributed by atoms with Gasteiger partial charge in [-0.2, -0.15) is 0 Å². The van der Waals surface area contributed by atoms with E-state index in [4.69, 9.17) is 4.74 Å². The van der Waals surface area contributed by atoms with E-state index >= 15 is 0 Å². The summed E-state index contributed by atoms with van der Waals surface area (Å²) in [6.45, 7) is 0.229. The molecule has 4 rings (SSSR count). The van der Waals surface area contributed by atoms with Gasteiger partial charge in [-0.15, -0.1) is 0 Å². The number of carbonyl (C=O) groups is 3. The molecule has 0 aromatic heterocycles. The number of esters is 1. The highest BCUT2D eigenvalue weighted by molar-refractivity contribution is 5.87. The quantitative estimate of drug-likeness (QED) is 0.631. The summed E-state index contributed by atoms with van der Waals surface area (Å²) >= 11 is 0. The molecule has 0 heterocycles. The van der Waals surface area contributed by atoms with E-state index in [0.717, 1.165) is 25.7 Å². The van der Waals surface area contributed by atoms with Gasteiger partial charge in [0.05, 0.1) is 5.92 Å². The van der Waals surface area contributed by atoms with Crippen LogP contribution >= 0.6 is 0 Å². The maximum atomic E-state index is 12.5. The van der Waals surface area contributed by atoms with Crippen LogP contribution in [0.1, 0.15) is 55.6 Å². The van der Waals surface area contributed by atoms with Crippen LogP contribution in [0.5, 0.6) is 0 Å². The molecule has 2 aromatic rings. The number of ether oxygens (including phenoxy) is 1. The third-order valence-electron chi connectivity index (χ3n) is 6.89. The van der Waals surface area contributed by atoms with Crippen LogP contribution in [-0.2, 0) is 19.1 Å². The summed E-state index contributed by atoms with van der Waals surface area (Å²) in [4.78, 5) is 37.0. The largest absolute Gasteiger partial charge is 0.455 e. The summed E-state index contributed by atoms with van der Waals surface area (Å²) in [6, 6.07) is 20.5. The Balaban J connectivity index is 1.24. The molecule has 0 saturated heterocycles. The van der Waals surface area contributed by atoms with Crippen molar-refractivity contribution in [3.05, 3.63) is 71.8 Å². The molecule has 0 radical (unpaired) electrons. The third kappa shape index (κ3) is 5.45. The van der Waals surface area contributed by atoms with Gasteiger partial charge in [0.25, 0.3) is 5.91 Å². The van der Waals surface area contributed by atoms with Crippen LogP contribution in [-0.4, -0.2) is 30.8 Å². The third-order valence-corrected chi connectivity index (χ3v) is 6.89. The Morgan fingerprint density at radius 2 is 1.47 bits per heavy atom. The first-order valence-corrected chi connectivity index (χ1v) is 11.7. The molecule has 2 atom stereocenters. The Hall–Kier alpha value is -2.95. The van der Waals surface area contributed by atoms with E-state index in [1.807, 2.05) is 36.4 Å². The number of carbonyl (C=O) groups excluding carboxylic acids is 3. The fraction of sp³-hybridized carbons (Fsp3) is 0.444. The van der Waals surface area contributed by atoms with E-state index in [1.54, 1.807) is 0 Å². The lowest BCUT2D eigenvalue weighted by molar-refractivity contribution is -0.156. The molecular formula is C27H31NO4. The smallest absolute Gasteiger partial charge is 0.309 e. The van der Waals surface area contributed by atoms with Crippen LogP contribution < -0.4 is 5.32 Å². The number of hydrogen-bond acceptors (Lipinski definition) is 4. The molecule has 168 valence electrons. The second-order valence-corrected chi connectivity index (χ2v) is 9.02. The van der Waals surface area contributed by atoms with E-state index in [1.165, 1.54) is 11.1 Å². The Morgan fingerprint density at radius 1 is 0.906 bits per heavy atom. The summed E-state index contributed by atoms with van der Waals surface area (Å²) in [6.07, 6.45) is 4.73. The summed E-state index contributed by atoms with van der Waals surface area (Å²) in [5.74, 6) is -0.370. The first kappa shape index (κ1) is 22.3. The number of fused-ring (bicyclic) bond motifs is 2. The summed E-state index contributed by atoms with van der Waals surface area (Å²) in [5, 5.41) is 2.89. The van der Waals surface area contributed by atoms with Crippen molar-refractivity contribution in [1.82, 2.24) is 5.32 Å². The van der Waals surface area contributed by atoms with Gasteiger partial charge in [0.2, 0.25) is 0 Å². The number of hydrogen-bond donors (Lipinski definition) is 1. The first-order valence-electron chi connectivity index (χ1n) is 11.7. The van der Waals surface area contributed by atoms with Crippen molar-refractivity contribution < 1.29 is 19.1 Å². The van der Waals surface area contributed by atoms with E-state index in [-0.39, 0.29) is 42.2 Å². The highest BCUT2D eigenvalue weighted by Gasteiger charge is 2.41. The van der Waals surface area contributed by atoms with Gasteiger partial charge in [-0.3, -0.25) is 14.4 Å². The maximum Gasteiger partial charge on any atom is 0.309 e. The van der Waals surface area contributed by atoms with Crippen LogP contribution in [0.15, 0.2) is 60.7 Å². The minimum atomic E-state index is -0.337. The lowest BCUT2D eigenvalue weighted by Crippen LogP contribution is -2.40. The molecule has 0 spiro atoms. The Morgan fingerprint density at radius 3 is 2.03 bits per heavy atom. The lowest BCUT2D eigenvalue weighted by atomic mass is 9.67. The van der Waals surface area contributed by atoms with E-state index in [9.17, 15) is 14.4 Å². The highest BCUT2D eigenvalue weighted by Crippen LogP contribution is 2.40. The van der Waals surface area contributed by atoms with Crippen molar-refractivity contribution in [2.24, 2.45) is 17.8 Å². The predicted octanol–water partition coefficient (Wildman–Crippen LogP) is 4.26. The van der Waals surface area contributed by atoms with Gasteiger partial charge in [-0.25, -0.2) is 0 Å². The number of ketones is 1. The van der Waals surface area contributed by atoms with Crippen LogP contribution in [0.25, 0.3) is 0 Å². The summed E-state index contributed by atoms with van der Waals surface area (Å²) < 4.78 is 5.31. The van der Waals surface area contributed by atoms with Crippen molar-refractivity contribution in [3.63, 3.8) is 0 Å². The molecule has 1 N–H and O–H groups in total. The molecule has 2 saturated carbocycles. The van der Waals surface area contributed by atoms with Gasteiger partial charge < -0.3 is 10.1 Å². The molecule has 2 unspecified atom stereocenters. The van der Waals surface area contributed by atoms with Gasteiger partial charge in [0.15, 0.2) is 6.61 Å². The van der Waals surface area contributed by atoms with Crippen molar-refractivity contribution in [2.75, 3.05) is 13.2 Å². The van der Waals surface area contributed by atoms with Gasteiger partial charge >= 0.3 is 5.97 Å². The topological polar surface area (TPSA) is 72.5 Å². The SMILES string of the molecule is O=C(COC(=O)C1CC2CCCC(C1)C2=O)NCCC(c1ccccc1)c1ccccc1. The van der Waals surface area contributed by atoms with Crippen LogP contribution in [0.3, 0.4) is 0 Å². The summed E-state index contributed by atoms with van der Waals surface area (Å²) in [7, 11) is 0. The first-order chi connectivity index (χ1) is 15.6. The van der Waals surface area contributed by atoms with Crippen LogP contribution in [0.2, 0.25) is 0 Å². The monoisotopic (exact) mass is 433 g/mol. The number of benzene rings is 2. The fourth-order valence-electron chi connectivity index (χ4n) is 5.23. The maximum absolute atomic E-state index is 12.5. The molecule has 0 aliphatic heterocycles. The fourth-order valence-corrected chi connectivity index (χ4v) is 5.23. The normalized spacial score (nSPS) is 22.4. The van der Waals surface area contributed by atoms with Crippen LogP contribution in [0, 0.1) is 17.8 Å². The molecule has 5 nitrogen and oxygen atoms in total. The average molecular weight is 434 g/mol. The Kier molecular flexibility index (Phi) is 7.35. The molecule has 1 amide bonds. The standard InChI is InChI=1S/C27H31NO4/c29-25(18-32-27(31)23-16-21-12-7-13-22(17-23)26(21)30)28-15-14-24(19-8-3-1-4-9-19)20-10-5-2-6-11-20/h1-6,8-11,21-24H,7,12-18H2,(H,28,29). The lowest BCUT2D eigenvalue weighted by Gasteiger charge is -2.36. The van der Waals surface area contributed by atoms with Crippen molar-refractivity contribution in [3.8, 4) is 0 Å². The van der Waals surface area contributed by atoms with Gasteiger partial charge in [0.1, 0.15) is 5.78 Å². The van der Waals surface area contributed by atoms with Crippen molar-refractivity contribution in [1.29, 1.82) is 0 Å². The zero-order chi connectivity index (χ0) is 22.3. The number of amides is 1. The molecular weight excluding hydrogens is 402 g/mol. The second kappa shape index (κ2) is 10.6. The highest BCUT2D eigenvalue weighted by atomic mass is 16.5. The molecule has 2 fully saturated rings. The number of rotatable bonds is 8. The minimum Gasteiger partial charge on any atom is -0.455 e. The Labute approximate surface area is 189 Å². The van der Waals surface area contributed by atoms with Gasteiger partial charge in [-0.1, -0.05) is 67.1 Å². The molecule has 5 heteroatoms. The second-order valence-electron chi connectivity index (χ2n) is 9.02. The number of Topliss-reactive ketones (excluding diaryl/α,β-unsaturated/α-hetero) is 1. The summed E-state index contributed by atoms with van der Waals surface area (Å²) in [5.41, 5.74) is 2.41. The predicted molar refractivity (Wildman–Crippen MR) is 122 cm³/mol. The molecule has 2 aromatic carbocycles. The molecule has 2 aliphatic carbocycles. The number of nitrogens with one attached hydrogen (secondary N) is 1. The van der Waals surface area contributed by atoms with Crippen molar-refractivity contribution >= 4 is 17.7 Å². The van der Waals surface area contributed by atoms with Crippen molar-refractivity contribution in [2.45, 2.75) is 44.4 Å². The van der Waals surface area contributed by atoms with E-state index in [0.29, 0.717) is 25.2 Å². The van der Waals surface area contributed by atoms with Crippen LogP contribution in [0.4, 0.5) is 0 Å². The van der Waals surface area contributed by atoms with E-state index < -0.39 is 0 Å². The molecule has 2 bridgehead atoms.